The number of carbonyl (C=O) groups is 2. The molecule has 3 rings (SSSR count). The molecule has 0 atom stereocenters. The summed E-state index contributed by atoms with van der Waals surface area (Å²) in [6.45, 7) is -0.0367. The van der Waals surface area contributed by atoms with Crippen LogP contribution in [-0.2, 0) is 15.8 Å². The van der Waals surface area contributed by atoms with Crippen LogP contribution in [0.2, 0.25) is 0 Å². The van der Waals surface area contributed by atoms with Crippen LogP contribution in [0.1, 0.15) is 17.7 Å². The maximum atomic E-state index is 12.9. The highest BCUT2D eigenvalue weighted by molar-refractivity contribution is 8.26. The minimum absolute atomic E-state index is 0.0367. The number of rotatable bonds is 5. The molecule has 1 aliphatic rings. The van der Waals surface area contributed by atoms with E-state index < -0.39 is 23.6 Å². The van der Waals surface area contributed by atoms with Gasteiger partial charge in [-0.05, 0) is 24.3 Å². The smallest absolute Gasteiger partial charge is 0.416 e. The number of amides is 1. The monoisotopic (exact) mass is 427 g/mol. The molecular weight excluding hydrogens is 415 g/mol. The molecule has 2 aromatic rings. The third kappa shape index (κ3) is 4.45. The summed E-state index contributed by atoms with van der Waals surface area (Å²) in [5.41, 5.74) is -0.536. The summed E-state index contributed by atoms with van der Waals surface area (Å²) in [6, 6.07) is 7.76. The van der Waals surface area contributed by atoms with E-state index in [1.807, 2.05) is 0 Å². The molecule has 0 aliphatic carbocycles. The van der Waals surface area contributed by atoms with Crippen molar-refractivity contribution in [3.8, 4) is 11.3 Å². The molecule has 1 aromatic carbocycles. The molecule has 146 valence electrons. The Balaban J connectivity index is 1.80. The number of thiocarbonyl (C=S) groups is 1. The van der Waals surface area contributed by atoms with E-state index in [9.17, 15) is 22.8 Å². The highest BCUT2D eigenvalue weighted by Gasteiger charge is 2.33. The Hall–Kier alpha value is -2.59. The molecule has 0 saturated carbocycles. The fourth-order valence-electron chi connectivity index (χ4n) is 2.46. The summed E-state index contributed by atoms with van der Waals surface area (Å²) in [5.74, 6) is -0.993. The van der Waals surface area contributed by atoms with E-state index in [4.69, 9.17) is 21.7 Å². The van der Waals surface area contributed by atoms with Crippen LogP contribution in [0.15, 0.2) is 45.7 Å². The number of aliphatic carboxylic acids is 1. The van der Waals surface area contributed by atoms with Gasteiger partial charge in [0.05, 0.1) is 16.9 Å². The molecule has 1 aliphatic heterocycles. The molecule has 10 heteroatoms. The quantitative estimate of drug-likeness (QED) is 0.554. The fraction of sp³-hybridized carbons (Fsp3) is 0.167. The molecule has 1 N–H and O–H groups in total. The van der Waals surface area contributed by atoms with Gasteiger partial charge in [0, 0.05) is 18.2 Å². The first-order valence-corrected chi connectivity index (χ1v) is 9.12. The summed E-state index contributed by atoms with van der Waals surface area (Å²) in [7, 11) is 0. The summed E-state index contributed by atoms with van der Waals surface area (Å²) in [6.07, 6.45) is -3.27. The average molecular weight is 427 g/mol. The molecular formula is C18H12F3NO4S2. The Morgan fingerprint density at radius 3 is 2.71 bits per heavy atom. The molecule has 0 spiro atoms. The van der Waals surface area contributed by atoms with E-state index in [-0.39, 0.29) is 39.3 Å². The Morgan fingerprint density at radius 1 is 1.29 bits per heavy atom. The fourth-order valence-corrected chi connectivity index (χ4v) is 3.75. The molecule has 1 fully saturated rings. The SMILES string of the molecule is O=C(O)CCN1C(=O)/C(=C/c2ccc(-c3cccc(C(F)(F)F)c3)o2)SC1=S. The highest BCUT2D eigenvalue weighted by Crippen LogP contribution is 2.35. The summed E-state index contributed by atoms with van der Waals surface area (Å²) < 4.78 is 44.4. The average Bonchev–Trinajstić information content (AvgIpc) is 3.18. The minimum atomic E-state index is -4.46. The standard InChI is InChI=1S/C18H12F3NO4S2/c19-18(20,21)11-3-1-2-10(8-11)13-5-4-12(26-13)9-14-16(25)22(17(27)28-14)7-6-15(23)24/h1-5,8-9H,6-7H2,(H,23,24)/b14-9-. The first kappa shape index (κ1) is 20.2. The van der Waals surface area contributed by atoms with Crippen molar-refractivity contribution in [2.45, 2.75) is 12.6 Å². The van der Waals surface area contributed by atoms with Crippen molar-refractivity contribution < 1.29 is 32.3 Å². The van der Waals surface area contributed by atoms with Crippen LogP contribution >= 0.6 is 24.0 Å². The van der Waals surface area contributed by atoms with Gasteiger partial charge in [-0.2, -0.15) is 13.2 Å². The van der Waals surface area contributed by atoms with Crippen molar-refractivity contribution in [1.82, 2.24) is 4.90 Å². The van der Waals surface area contributed by atoms with Gasteiger partial charge in [-0.3, -0.25) is 14.5 Å². The Morgan fingerprint density at radius 2 is 2.04 bits per heavy atom. The van der Waals surface area contributed by atoms with Crippen LogP contribution in [0.3, 0.4) is 0 Å². The topological polar surface area (TPSA) is 70.8 Å². The van der Waals surface area contributed by atoms with Crippen molar-refractivity contribution in [1.29, 1.82) is 0 Å². The van der Waals surface area contributed by atoms with Crippen LogP contribution in [0.25, 0.3) is 17.4 Å². The number of hydrogen-bond donors (Lipinski definition) is 1. The molecule has 0 unspecified atom stereocenters. The third-order valence-corrected chi connectivity index (χ3v) is 5.18. The van der Waals surface area contributed by atoms with E-state index in [0.717, 1.165) is 23.9 Å². The van der Waals surface area contributed by atoms with Crippen LogP contribution in [0.4, 0.5) is 13.2 Å². The lowest BCUT2D eigenvalue weighted by molar-refractivity contribution is -0.138. The van der Waals surface area contributed by atoms with Crippen LogP contribution < -0.4 is 0 Å². The van der Waals surface area contributed by atoms with Crippen molar-refractivity contribution in [3.63, 3.8) is 0 Å². The lowest BCUT2D eigenvalue weighted by Crippen LogP contribution is -2.30. The van der Waals surface area contributed by atoms with Gasteiger partial charge in [0.15, 0.2) is 0 Å². The first-order chi connectivity index (χ1) is 13.1. The van der Waals surface area contributed by atoms with Gasteiger partial charge in [0.2, 0.25) is 0 Å². The van der Waals surface area contributed by atoms with Crippen LogP contribution in [-0.4, -0.2) is 32.7 Å². The third-order valence-electron chi connectivity index (χ3n) is 3.80. The lowest BCUT2D eigenvalue weighted by Gasteiger charge is -2.12. The van der Waals surface area contributed by atoms with E-state index >= 15 is 0 Å². The zero-order chi connectivity index (χ0) is 20.5. The Labute approximate surface area is 166 Å². The molecule has 2 heterocycles. The summed E-state index contributed by atoms with van der Waals surface area (Å²) in [5, 5.41) is 8.74. The maximum Gasteiger partial charge on any atom is 0.416 e. The van der Waals surface area contributed by atoms with Crippen LogP contribution in [0, 0.1) is 0 Å². The number of carboxylic acid groups (broad SMARTS) is 1. The number of thioether (sulfide) groups is 1. The molecule has 28 heavy (non-hydrogen) atoms. The second-order valence-corrected chi connectivity index (χ2v) is 7.43. The van der Waals surface area contributed by atoms with E-state index in [1.165, 1.54) is 35.2 Å². The number of furan rings is 1. The Kier molecular flexibility index (Phi) is 5.61. The summed E-state index contributed by atoms with van der Waals surface area (Å²) in [4.78, 5) is 24.5. The van der Waals surface area contributed by atoms with Crippen molar-refractivity contribution >= 4 is 46.3 Å². The number of halogens is 3. The zero-order valence-electron chi connectivity index (χ0n) is 14.0. The molecule has 1 amide bonds. The second-order valence-electron chi connectivity index (χ2n) is 5.76. The minimum Gasteiger partial charge on any atom is -0.481 e. The largest absolute Gasteiger partial charge is 0.481 e. The van der Waals surface area contributed by atoms with E-state index in [0.29, 0.717) is 0 Å². The number of carbonyl (C=O) groups excluding carboxylic acids is 1. The molecule has 5 nitrogen and oxygen atoms in total. The molecule has 1 saturated heterocycles. The van der Waals surface area contributed by atoms with Gasteiger partial charge in [-0.25, -0.2) is 0 Å². The van der Waals surface area contributed by atoms with Gasteiger partial charge in [0.1, 0.15) is 15.8 Å². The first-order valence-electron chi connectivity index (χ1n) is 7.90. The lowest BCUT2D eigenvalue weighted by atomic mass is 10.1. The van der Waals surface area contributed by atoms with Crippen LogP contribution in [0.5, 0.6) is 0 Å². The van der Waals surface area contributed by atoms with E-state index in [2.05, 4.69) is 0 Å². The Bertz CT molecular complexity index is 981. The van der Waals surface area contributed by atoms with Gasteiger partial charge in [-0.1, -0.05) is 36.1 Å². The second kappa shape index (κ2) is 7.80. The highest BCUT2D eigenvalue weighted by atomic mass is 32.2. The molecule has 1 aromatic heterocycles. The van der Waals surface area contributed by atoms with Crippen molar-refractivity contribution in [2.24, 2.45) is 0 Å². The number of nitrogens with zero attached hydrogens (tertiary/aromatic N) is 1. The van der Waals surface area contributed by atoms with Gasteiger partial charge < -0.3 is 9.52 Å². The van der Waals surface area contributed by atoms with Gasteiger partial charge in [0.25, 0.3) is 5.91 Å². The summed E-state index contributed by atoms with van der Waals surface area (Å²) >= 11 is 6.10. The number of hydrogen-bond acceptors (Lipinski definition) is 5. The van der Waals surface area contributed by atoms with Crippen molar-refractivity contribution in [2.75, 3.05) is 6.54 Å². The van der Waals surface area contributed by atoms with Gasteiger partial charge in [-0.15, -0.1) is 0 Å². The predicted octanol–water partition coefficient (Wildman–Crippen LogP) is 4.64. The predicted molar refractivity (Wildman–Crippen MR) is 101 cm³/mol. The number of benzene rings is 1. The number of alkyl halides is 3. The maximum absolute atomic E-state index is 12.9. The normalized spacial score (nSPS) is 16.2. The molecule has 0 radical (unpaired) electrons. The van der Waals surface area contributed by atoms with Crippen molar-refractivity contribution in [3.05, 3.63) is 52.6 Å². The zero-order valence-corrected chi connectivity index (χ0v) is 15.7. The van der Waals surface area contributed by atoms with E-state index in [1.54, 1.807) is 0 Å². The van der Waals surface area contributed by atoms with Gasteiger partial charge >= 0.3 is 12.1 Å². The molecule has 0 bridgehead atoms. The number of carboxylic acids is 1.